The fraction of sp³-hybridized carbons (Fsp3) is 0.250. The summed E-state index contributed by atoms with van der Waals surface area (Å²) in [5, 5.41) is 10.8. The lowest BCUT2D eigenvalue weighted by molar-refractivity contribution is -0.141. The number of thiophene rings is 1. The average molecular weight is 382 g/mol. The van der Waals surface area contributed by atoms with Crippen LogP contribution in [0.4, 0.5) is 0 Å². The first-order valence-electron chi connectivity index (χ1n) is 7.34. The maximum atomic E-state index is 12.3. The molecule has 2 N–H and O–H groups in total. The van der Waals surface area contributed by atoms with Crippen LogP contribution in [-0.4, -0.2) is 43.4 Å². The van der Waals surface area contributed by atoms with E-state index in [0.717, 1.165) is 9.78 Å². The van der Waals surface area contributed by atoms with E-state index in [9.17, 15) is 18.0 Å². The molecule has 1 atom stereocenters. The number of amides is 1. The minimum atomic E-state index is -3.69. The van der Waals surface area contributed by atoms with Crippen LogP contribution in [-0.2, 0) is 21.4 Å². The van der Waals surface area contributed by atoms with Gasteiger partial charge in [-0.15, -0.1) is 11.3 Å². The summed E-state index contributed by atoms with van der Waals surface area (Å²) in [7, 11) is -2.31. The lowest BCUT2D eigenvalue weighted by atomic mass is 10.2. The van der Waals surface area contributed by atoms with E-state index in [1.54, 1.807) is 0 Å². The maximum Gasteiger partial charge on any atom is 0.326 e. The number of aliphatic carboxylic acids is 1. The van der Waals surface area contributed by atoms with Crippen molar-refractivity contribution in [3.05, 3.63) is 52.2 Å². The van der Waals surface area contributed by atoms with E-state index < -0.39 is 27.9 Å². The number of hydrogen-bond donors (Lipinski definition) is 2. The molecule has 0 fully saturated rings. The van der Waals surface area contributed by atoms with Crippen LogP contribution in [0.5, 0.6) is 0 Å². The van der Waals surface area contributed by atoms with Crippen molar-refractivity contribution in [1.29, 1.82) is 0 Å². The first-order chi connectivity index (χ1) is 11.7. The van der Waals surface area contributed by atoms with Crippen LogP contribution < -0.4 is 4.72 Å². The van der Waals surface area contributed by atoms with Gasteiger partial charge in [0, 0.05) is 24.0 Å². The van der Waals surface area contributed by atoms with Gasteiger partial charge in [0.1, 0.15) is 6.04 Å². The Bertz CT molecular complexity index is 845. The molecule has 2 rings (SSSR count). The summed E-state index contributed by atoms with van der Waals surface area (Å²) < 4.78 is 27.0. The summed E-state index contributed by atoms with van der Waals surface area (Å²) in [6.07, 6.45) is 0. The van der Waals surface area contributed by atoms with E-state index in [2.05, 4.69) is 4.72 Å². The number of rotatable bonds is 7. The Morgan fingerprint density at radius 1 is 1.24 bits per heavy atom. The molecule has 1 unspecified atom stereocenters. The maximum absolute atomic E-state index is 12.3. The third-order valence-corrected chi connectivity index (χ3v) is 5.98. The van der Waals surface area contributed by atoms with Crippen molar-refractivity contribution < 1.29 is 23.1 Å². The highest BCUT2D eigenvalue weighted by Gasteiger charge is 2.23. The summed E-state index contributed by atoms with van der Waals surface area (Å²) in [5.41, 5.74) is 0.216. The Balaban J connectivity index is 2.10. The molecule has 0 aliphatic heterocycles. The number of carbonyl (C=O) groups is 2. The minimum Gasteiger partial charge on any atom is -0.480 e. The zero-order chi connectivity index (χ0) is 18.6. The number of likely N-dealkylation sites (N-methyl/N-ethyl adjacent to an activating group) is 1. The van der Waals surface area contributed by atoms with Crippen molar-refractivity contribution in [2.45, 2.75) is 24.4 Å². The lowest BCUT2D eigenvalue weighted by Crippen LogP contribution is -2.40. The summed E-state index contributed by atoms with van der Waals surface area (Å²) in [6.45, 7) is 1.59. The molecule has 1 heterocycles. The van der Waals surface area contributed by atoms with Crippen molar-refractivity contribution in [3.8, 4) is 0 Å². The molecule has 0 aliphatic rings. The van der Waals surface area contributed by atoms with Gasteiger partial charge in [0.2, 0.25) is 10.0 Å². The Morgan fingerprint density at radius 2 is 1.88 bits per heavy atom. The van der Waals surface area contributed by atoms with Gasteiger partial charge in [-0.3, -0.25) is 4.79 Å². The van der Waals surface area contributed by atoms with E-state index in [-0.39, 0.29) is 17.0 Å². The van der Waals surface area contributed by atoms with Gasteiger partial charge in [0.15, 0.2) is 0 Å². The van der Waals surface area contributed by atoms with Crippen LogP contribution >= 0.6 is 11.3 Å². The molecule has 1 aromatic heterocycles. The lowest BCUT2D eigenvalue weighted by Gasteiger charge is -2.21. The average Bonchev–Trinajstić information content (AvgIpc) is 3.11. The molecule has 1 aromatic carbocycles. The third kappa shape index (κ3) is 4.65. The van der Waals surface area contributed by atoms with E-state index in [1.165, 1.54) is 49.6 Å². The minimum absolute atomic E-state index is 0.0366. The zero-order valence-corrected chi connectivity index (χ0v) is 15.3. The van der Waals surface area contributed by atoms with Crippen molar-refractivity contribution >= 4 is 33.2 Å². The first-order valence-corrected chi connectivity index (χ1v) is 9.70. The van der Waals surface area contributed by atoms with Crippen LogP contribution in [0.15, 0.2) is 46.7 Å². The van der Waals surface area contributed by atoms with E-state index in [1.807, 2.05) is 17.5 Å². The Kier molecular flexibility index (Phi) is 5.93. The van der Waals surface area contributed by atoms with Crippen LogP contribution in [0.3, 0.4) is 0 Å². The Labute approximate surface area is 150 Å². The Morgan fingerprint density at radius 3 is 2.40 bits per heavy atom. The van der Waals surface area contributed by atoms with Gasteiger partial charge in [-0.1, -0.05) is 6.07 Å². The molecule has 0 bridgehead atoms. The molecule has 25 heavy (non-hydrogen) atoms. The molecular weight excluding hydrogens is 364 g/mol. The summed E-state index contributed by atoms with van der Waals surface area (Å²) in [6, 6.07) is 8.06. The van der Waals surface area contributed by atoms with Crippen molar-refractivity contribution in [2.75, 3.05) is 7.05 Å². The van der Waals surface area contributed by atoms with Gasteiger partial charge in [-0.2, -0.15) is 0 Å². The molecule has 0 saturated heterocycles. The van der Waals surface area contributed by atoms with Crippen molar-refractivity contribution in [1.82, 2.24) is 9.62 Å². The van der Waals surface area contributed by atoms with E-state index >= 15 is 0 Å². The highest BCUT2D eigenvalue weighted by atomic mass is 32.2. The Hall–Kier alpha value is -2.23. The first kappa shape index (κ1) is 19.1. The molecule has 1 amide bonds. The predicted octanol–water partition coefficient (Wildman–Crippen LogP) is 1.77. The third-order valence-electron chi connectivity index (χ3n) is 3.69. The standard InChI is InChI=1S/C16H18N2O5S2/c1-11(16(20)21)18(2)15(19)12-5-7-14(8-6-12)25(22,23)17-10-13-4-3-9-24-13/h3-9,11,17H,10H2,1-2H3,(H,20,21). The molecule has 7 nitrogen and oxygen atoms in total. The fourth-order valence-electron chi connectivity index (χ4n) is 1.98. The number of carboxylic acid groups (broad SMARTS) is 1. The van der Waals surface area contributed by atoms with Gasteiger partial charge in [0.05, 0.1) is 4.90 Å². The van der Waals surface area contributed by atoms with Crippen LogP contribution in [0.25, 0.3) is 0 Å². The zero-order valence-electron chi connectivity index (χ0n) is 13.7. The van der Waals surface area contributed by atoms with Gasteiger partial charge in [-0.05, 0) is 42.6 Å². The number of nitrogens with one attached hydrogen (secondary N) is 1. The number of carbonyl (C=O) groups excluding carboxylic acids is 1. The monoisotopic (exact) mass is 382 g/mol. The van der Waals surface area contributed by atoms with E-state index in [4.69, 9.17) is 5.11 Å². The quantitative estimate of drug-likeness (QED) is 0.760. The molecule has 134 valence electrons. The van der Waals surface area contributed by atoms with Crippen LogP contribution in [0, 0.1) is 0 Å². The molecular formula is C16H18N2O5S2. The number of nitrogens with zero attached hydrogens (tertiary/aromatic N) is 1. The summed E-state index contributed by atoms with van der Waals surface area (Å²) in [5.74, 6) is -1.61. The van der Waals surface area contributed by atoms with Gasteiger partial charge >= 0.3 is 5.97 Å². The predicted molar refractivity (Wildman–Crippen MR) is 94.0 cm³/mol. The number of sulfonamides is 1. The highest BCUT2D eigenvalue weighted by molar-refractivity contribution is 7.89. The topological polar surface area (TPSA) is 104 Å². The molecule has 0 aliphatic carbocycles. The van der Waals surface area contributed by atoms with Gasteiger partial charge in [-0.25, -0.2) is 17.9 Å². The normalized spacial score (nSPS) is 12.6. The largest absolute Gasteiger partial charge is 0.480 e. The molecule has 9 heteroatoms. The van der Waals surface area contributed by atoms with Crippen LogP contribution in [0.2, 0.25) is 0 Å². The van der Waals surface area contributed by atoms with Gasteiger partial charge in [0.25, 0.3) is 5.91 Å². The highest BCUT2D eigenvalue weighted by Crippen LogP contribution is 2.15. The molecule has 0 spiro atoms. The summed E-state index contributed by atoms with van der Waals surface area (Å²) in [4.78, 5) is 25.2. The van der Waals surface area contributed by atoms with Crippen molar-refractivity contribution in [2.24, 2.45) is 0 Å². The molecule has 0 radical (unpaired) electrons. The SMILES string of the molecule is CC(C(=O)O)N(C)C(=O)c1ccc(S(=O)(=O)NCc2cccs2)cc1. The molecule has 2 aromatic rings. The van der Waals surface area contributed by atoms with Crippen molar-refractivity contribution in [3.63, 3.8) is 0 Å². The van der Waals surface area contributed by atoms with E-state index in [0.29, 0.717) is 0 Å². The second-order valence-corrected chi connectivity index (χ2v) is 8.16. The van der Waals surface area contributed by atoms with Crippen LogP contribution in [0.1, 0.15) is 22.2 Å². The second kappa shape index (κ2) is 7.77. The smallest absolute Gasteiger partial charge is 0.326 e. The summed E-state index contributed by atoms with van der Waals surface area (Å²) >= 11 is 1.45. The second-order valence-electron chi connectivity index (χ2n) is 5.36. The number of benzene rings is 1. The number of hydrogen-bond acceptors (Lipinski definition) is 5. The number of carboxylic acids is 1. The fourth-order valence-corrected chi connectivity index (χ4v) is 3.73. The molecule has 0 saturated carbocycles. The van der Waals surface area contributed by atoms with Gasteiger partial charge < -0.3 is 10.0 Å².